The number of rotatable bonds is 1. The molecule has 0 radical (unpaired) electrons. The van der Waals surface area contributed by atoms with Crippen molar-refractivity contribution in [2.45, 2.75) is 0 Å². The number of pyridine rings is 1. The maximum absolute atomic E-state index is 5.67. The summed E-state index contributed by atoms with van der Waals surface area (Å²) in [5, 5.41) is 2.35. The lowest BCUT2D eigenvalue weighted by Crippen LogP contribution is -2.29. The largest absolute Gasteiger partial charge is 0.302 e. The zero-order chi connectivity index (χ0) is 9.10. The van der Waals surface area contributed by atoms with E-state index in [9.17, 15) is 0 Å². The first-order valence-corrected chi connectivity index (χ1v) is 4.24. The van der Waals surface area contributed by atoms with Gasteiger partial charge in [0.2, 0.25) is 0 Å². The molecule has 2 heterocycles. The van der Waals surface area contributed by atoms with Crippen molar-refractivity contribution in [2.75, 3.05) is 5.01 Å². The second-order valence-electron chi connectivity index (χ2n) is 2.54. The van der Waals surface area contributed by atoms with Crippen LogP contribution in [0.2, 0.25) is 5.15 Å². The number of allylic oxidation sites excluding steroid dienone is 2. The van der Waals surface area contributed by atoms with Crippen molar-refractivity contribution in [3.63, 3.8) is 0 Å². The van der Waals surface area contributed by atoms with Crippen molar-refractivity contribution < 1.29 is 0 Å². The maximum atomic E-state index is 5.67. The summed E-state index contributed by atoms with van der Waals surface area (Å²) in [6, 6.07) is 3.65. The van der Waals surface area contributed by atoms with E-state index in [2.05, 4.69) is 10.4 Å². The average Bonchev–Trinajstić information content (AvgIpc) is 2.20. The average molecular weight is 194 g/mol. The molecule has 0 saturated carbocycles. The molecule has 0 aromatic carbocycles. The number of hydrazine groups is 1. The Morgan fingerprint density at radius 1 is 1.31 bits per heavy atom. The molecule has 0 amide bonds. The van der Waals surface area contributed by atoms with Gasteiger partial charge in [-0.3, -0.25) is 5.01 Å². The normalized spacial score (nSPS) is 14.4. The van der Waals surface area contributed by atoms with E-state index in [-0.39, 0.29) is 0 Å². The third kappa shape index (κ3) is 1.81. The van der Waals surface area contributed by atoms with Crippen LogP contribution in [0.3, 0.4) is 0 Å². The molecule has 1 aromatic rings. The minimum Gasteiger partial charge on any atom is -0.302 e. The number of hydrogen-bond acceptors (Lipinski definition) is 3. The number of halogens is 1. The molecule has 1 aliphatic heterocycles. The van der Waals surface area contributed by atoms with Gasteiger partial charge in [0.1, 0.15) is 5.15 Å². The highest BCUT2D eigenvalue weighted by atomic mass is 35.5. The van der Waals surface area contributed by atoms with Crippen LogP contribution in [0.25, 0.3) is 0 Å². The van der Waals surface area contributed by atoms with Crippen molar-refractivity contribution in [3.05, 3.63) is 48.0 Å². The molecule has 0 bridgehead atoms. The molecule has 13 heavy (non-hydrogen) atoms. The van der Waals surface area contributed by atoms with Gasteiger partial charge in [-0.25, -0.2) is 4.98 Å². The molecule has 0 saturated heterocycles. The quantitative estimate of drug-likeness (QED) is 0.693. The first-order chi connectivity index (χ1) is 6.36. The van der Waals surface area contributed by atoms with Crippen LogP contribution in [0.1, 0.15) is 0 Å². The summed E-state index contributed by atoms with van der Waals surface area (Å²) in [4.78, 5) is 3.98. The van der Waals surface area contributed by atoms with Gasteiger partial charge in [-0.05, 0) is 24.3 Å². The van der Waals surface area contributed by atoms with E-state index in [1.807, 2.05) is 35.6 Å². The van der Waals surface area contributed by atoms with E-state index >= 15 is 0 Å². The smallest absolute Gasteiger partial charge is 0.129 e. The molecule has 0 unspecified atom stereocenters. The van der Waals surface area contributed by atoms with E-state index < -0.39 is 0 Å². The molecule has 0 aliphatic carbocycles. The first kappa shape index (κ1) is 8.13. The minimum absolute atomic E-state index is 0.500. The Labute approximate surface area is 81.3 Å². The molecule has 2 rings (SSSR count). The van der Waals surface area contributed by atoms with Crippen molar-refractivity contribution in [1.82, 2.24) is 10.4 Å². The molecule has 1 aliphatic rings. The fourth-order valence-corrected chi connectivity index (χ4v) is 1.14. The van der Waals surface area contributed by atoms with E-state index in [4.69, 9.17) is 11.6 Å². The molecule has 0 atom stereocenters. The summed E-state index contributed by atoms with van der Waals surface area (Å²) in [5.41, 5.74) is 3.99. The van der Waals surface area contributed by atoms with Crippen LogP contribution in [0, 0.1) is 0 Å². The molecular weight excluding hydrogens is 186 g/mol. The predicted octanol–water partition coefficient (Wildman–Crippen LogP) is 2.09. The Kier molecular flexibility index (Phi) is 2.19. The Morgan fingerprint density at radius 3 is 2.85 bits per heavy atom. The summed E-state index contributed by atoms with van der Waals surface area (Å²) in [5.74, 6) is 0. The minimum atomic E-state index is 0.500. The summed E-state index contributed by atoms with van der Waals surface area (Å²) < 4.78 is 0. The first-order valence-electron chi connectivity index (χ1n) is 3.86. The Bertz CT molecular complexity index is 342. The van der Waals surface area contributed by atoms with Gasteiger partial charge in [-0.15, -0.1) is 0 Å². The summed E-state index contributed by atoms with van der Waals surface area (Å²) in [7, 11) is 0. The Morgan fingerprint density at radius 2 is 2.23 bits per heavy atom. The standard InChI is InChI=1S/C9H8ClN3/c10-9-4-3-8(7-11-9)13-6-2-1-5-12-13/h1-7,12H. The monoisotopic (exact) mass is 193 g/mol. The third-order valence-corrected chi connectivity index (χ3v) is 1.87. The van der Waals surface area contributed by atoms with Crippen molar-refractivity contribution in [1.29, 1.82) is 0 Å². The van der Waals surface area contributed by atoms with Crippen LogP contribution >= 0.6 is 11.6 Å². The summed E-state index contributed by atoms with van der Waals surface area (Å²) in [6.45, 7) is 0. The van der Waals surface area contributed by atoms with Crippen LogP contribution in [-0.4, -0.2) is 4.98 Å². The van der Waals surface area contributed by atoms with Gasteiger partial charge in [0, 0.05) is 12.4 Å². The highest BCUT2D eigenvalue weighted by Gasteiger charge is 2.01. The zero-order valence-electron chi connectivity index (χ0n) is 6.81. The van der Waals surface area contributed by atoms with Gasteiger partial charge >= 0.3 is 0 Å². The van der Waals surface area contributed by atoms with Crippen LogP contribution in [-0.2, 0) is 0 Å². The zero-order valence-corrected chi connectivity index (χ0v) is 7.57. The van der Waals surface area contributed by atoms with E-state index in [1.54, 1.807) is 12.3 Å². The van der Waals surface area contributed by atoms with Gasteiger partial charge in [0.15, 0.2) is 0 Å². The Hall–Kier alpha value is -1.48. The van der Waals surface area contributed by atoms with E-state index in [1.165, 1.54) is 0 Å². The molecule has 0 fully saturated rings. The maximum Gasteiger partial charge on any atom is 0.129 e. The van der Waals surface area contributed by atoms with Gasteiger partial charge < -0.3 is 5.43 Å². The van der Waals surface area contributed by atoms with E-state index in [0.29, 0.717) is 5.15 Å². The molecule has 1 aromatic heterocycles. The second-order valence-corrected chi connectivity index (χ2v) is 2.93. The van der Waals surface area contributed by atoms with Gasteiger partial charge in [-0.2, -0.15) is 0 Å². The van der Waals surface area contributed by atoms with Gasteiger partial charge in [0.25, 0.3) is 0 Å². The molecule has 3 nitrogen and oxygen atoms in total. The number of anilines is 1. The topological polar surface area (TPSA) is 28.2 Å². The molecule has 0 spiro atoms. The van der Waals surface area contributed by atoms with Crippen LogP contribution < -0.4 is 10.4 Å². The van der Waals surface area contributed by atoms with Gasteiger partial charge in [0.05, 0.1) is 11.9 Å². The van der Waals surface area contributed by atoms with Crippen LogP contribution in [0.15, 0.2) is 42.9 Å². The van der Waals surface area contributed by atoms with Crippen LogP contribution in [0.5, 0.6) is 0 Å². The molecular formula is C9H8ClN3. The lowest BCUT2D eigenvalue weighted by Gasteiger charge is -2.21. The van der Waals surface area contributed by atoms with Crippen LogP contribution in [0.4, 0.5) is 5.69 Å². The Balaban J connectivity index is 2.21. The molecule has 66 valence electrons. The highest BCUT2D eigenvalue weighted by molar-refractivity contribution is 6.29. The predicted molar refractivity (Wildman–Crippen MR) is 53.1 cm³/mol. The number of aromatic nitrogens is 1. The molecule has 1 N–H and O–H groups in total. The number of nitrogens with one attached hydrogen (secondary N) is 1. The van der Waals surface area contributed by atoms with Crippen molar-refractivity contribution >= 4 is 17.3 Å². The molecule has 4 heteroatoms. The number of hydrogen-bond donors (Lipinski definition) is 1. The SMILES string of the molecule is Clc1ccc(N2C=CC=CN2)cn1. The lowest BCUT2D eigenvalue weighted by molar-refractivity contribution is 0.864. The fraction of sp³-hybridized carbons (Fsp3) is 0. The highest BCUT2D eigenvalue weighted by Crippen LogP contribution is 2.14. The fourth-order valence-electron chi connectivity index (χ4n) is 1.03. The van der Waals surface area contributed by atoms with E-state index in [0.717, 1.165) is 5.69 Å². The third-order valence-electron chi connectivity index (χ3n) is 1.65. The van der Waals surface area contributed by atoms with Crippen molar-refractivity contribution in [3.8, 4) is 0 Å². The lowest BCUT2D eigenvalue weighted by atomic mass is 10.4. The van der Waals surface area contributed by atoms with Crippen molar-refractivity contribution in [2.24, 2.45) is 0 Å². The summed E-state index contributed by atoms with van der Waals surface area (Å²) in [6.07, 6.45) is 9.31. The summed E-state index contributed by atoms with van der Waals surface area (Å²) >= 11 is 5.67. The second kappa shape index (κ2) is 3.49. The van der Waals surface area contributed by atoms with Gasteiger partial charge in [-0.1, -0.05) is 11.6 Å². The number of nitrogens with zero attached hydrogens (tertiary/aromatic N) is 2.